The minimum Gasteiger partial charge on any atom is -0.371 e. The van der Waals surface area contributed by atoms with Gasteiger partial charge in [0.1, 0.15) is 0 Å². The van der Waals surface area contributed by atoms with Crippen LogP contribution in [0.3, 0.4) is 0 Å². The number of benzene rings is 2. The number of hydrogen-bond acceptors (Lipinski definition) is 4. The molecule has 1 saturated heterocycles. The fourth-order valence-electron chi connectivity index (χ4n) is 3.54. The quantitative estimate of drug-likeness (QED) is 0.675. The Balaban J connectivity index is 1.43. The van der Waals surface area contributed by atoms with E-state index in [0.29, 0.717) is 12.1 Å². The van der Waals surface area contributed by atoms with E-state index >= 15 is 0 Å². The third kappa shape index (κ3) is 4.31. The molecule has 2 N–H and O–H groups in total. The molecule has 2 heterocycles. The number of aromatic nitrogens is 1. The van der Waals surface area contributed by atoms with Gasteiger partial charge in [0.15, 0.2) is 0 Å². The molecule has 2 aromatic carbocycles. The molecule has 5 nitrogen and oxygen atoms in total. The number of carbonyl (C=O) groups is 1. The fraction of sp³-hybridized carbons (Fsp3) is 0.217. The van der Waals surface area contributed by atoms with Crippen molar-refractivity contribution in [3.63, 3.8) is 0 Å². The molecular weight excluding hydrogens is 348 g/mol. The Morgan fingerprint density at radius 2 is 1.71 bits per heavy atom. The van der Waals surface area contributed by atoms with Crippen LogP contribution in [0.25, 0.3) is 0 Å². The Bertz CT molecular complexity index is 936. The molecule has 28 heavy (non-hydrogen) atoms. The van der Waals surface area contributed by atoms with E-state index in [9.17, 15) is 4.79 Å². The van der Waals surface area contributed by atoms with Crippen LogP contribution in [0, 0.1) is 0 Å². The van der Waals surface area contributed by atoms with Gasteiger partial charge in [-0.2, -0.15) is 0 Å². The van der Waals surface area contributed by atoms with Gasteiger partial charge in [-0.05, 0) is 54.8 Å². The largest absolute Gasteiger partial charge is 0.371 e. The first-order chi connectivity index (χ1) is 13.8. The first-order valence-corrected chi connectivity index (χ1v) is 9.68. The highest BCUT2D eigenvalue weighted by atomic mass is 16.1. The van der Waals surface area contributed by atoms with Gasteiger partial charge in [-0.3, -0.25) is 9.78 Å². The van der Waals surface area contributed by atoms with Crippen molar-refractivity contribution in [3.05, 3.63) is 84.2 Å². The second-order valence-electron chi connectivity index (χ2n) is 6.95. The topological polar surface area (TPSA) is 57.3 Å². The number of pyridine rings is 1. The molecule has 0 radical (unpaired) electrons. The van der Waals surface area contributed by atoms with Gasteiger partial charge < -0.3 is 15.5 Å². The summed E-state index contributed by atoms with van der Waals surface area (Å²) in [4.78, 5) is 19.1. The van der Waals surface area contributed by atoms with E-state index in [1.807, 2.05) is 42.5 Å². The molecular formula is C23H24N4O. The number of rotatable bonds is 6. The number of para-hydroxylation sites is 1. The van der Waals surface area contributed by atoms with Crippen molar-refractivity contribution in [1.29, 1.82) is 0 Å². The van der Waals surface area contributed by atoms with E-state index in [4.69, 9.17) is 0 Å². The summed E-state index contributed by atoms with van der Waals surface area (Å²) in [7, 11) is 0. The third-order valence-electron chi connectivity index (χ3n) is 4.97. The maximum Gasteiger partial charge on any atom is 0.251 e. The summed E-state index contributed by atoms with van der Waals surface area (Å²) < 4.78 is 0. The smallest absolute Gasteiger partial charge is 0.251 e. The molecule has 0 aliphatic carbocycles. The molecule has 3 aromatic rings. The van der Waals surface area contributed by atoms with Gasteiger partial charge in [-0.15, -0.1) is 0 Å². The Hall–Kier alpha value is -3.34. The molecule has 5 heteroatoms. The lowest BCUT2D eigenvalue weighted by molar-refractivity contribution is 0.0951. The minimum absolute atomic E-state index is 0.0744. The number of nitrogens with zero attached hydrogens (tertiary/aromatic N) is 2. The van der Waals surface area contributed by atoms with E-state index in [1.165, 1.54) is 18.5 Å². The average Bonchev–Trinajstić information content (AvgIpc) is 3.28. The van der Waals surface area contributed by atoms with E-state index in [0.717, 1.165) is 30.0 Å². The highest BCUT2D eigenvalue weighted by molar-refractivity contribution is 5.95. The van der Waals surface area contributed by atoms with Crippen LogP contribution in [-0.4, -0.2) is 24.0 Å². The number of nitrogens with one attached hydrogen (secondary N) is 2. The minimum atomic E-state index is -0.0744. The molecule has 0 bridgehead atoms. The Morgan fingerprint density at radius 1 is 0.929 bits per heavy atom. The summed E-state index contributed by atoms with van der Waals surface area (Å²) in [5.74, 6) is -0.0744. The lowest BCUT2D eigenvalue weighted by Crippen LogP contribution is -2.25. The van der Waals surface area contributed by atoms with Gasteiger partial charge in [0.2, 0.25) is 0 Å². The van der Waals surface area contributed by atoms with E-state index in [1.54, 1.807) is 12.4 Å². The fourth-order valence-corrected chi connectivity index (χ4v) is 3.54. The Kier molecular flexibility index (Phi) is 5.52. The van der Waals surface area contributed by atoms with Crippen molar-refractivity contribution in [3.8, 4) is 0 Å². The number of anilines is 3. The first-order valence-electron chi connectivity index (χ1n) is 9.68. The summed E-state index contributed by atoms with van der Waals surface area (Å²) in [6, 6.07) is 19.6. The van der Waals surface area contributed by atoms with Crippen LogP contribution < -0.4 is 15.5 Å². The lowest BCUT2D eigenvalue weighted by atomic mass is 10.1. The molecule has 0 atom stereocenters. The molecule has 1 amide bonds. The summed E-state index contributed by atoms with van der Waals surface area (Å²) in [5.41, 5.74) is 4.83. The zero-order chi connectivity index (χ0) is 19.2. The van der Waals surface area contributed by atoms with Crippen molar-refractivity contribution in [2.75, 3.05) is 23.3 Å². The highest BCUT2D eigenvalue weighted by Gasteiger charge is 2.16. The second-order valence-corrected chi connectivity index (χ2v) is 6.95. The van der Waals surface area contributed by atoms with Crippen molar-refractivity contribution in [2.45, 2.75) is 19.4 Å². The molecule has 1 aromatic heterocycles. The summed E-state index contributed by atoms with van der Waals surface area (Å²) >= 11 is 0. The zero-order valence-corrected chi connectivity index (χ0v) is 15.8. The molecule has 1 aliphatic heterocycles. The maximum atomic E-state index is 12.7. The number of hydrogen-bond donors (Lipinski definition) is 2. The standard InChI is InChI=1S/C23H24N4O/c28-23(18-7-5-8-21(16-18)26-20-10-12-24-13-11-20)25-17-19-6-1-2-9-22(19)27-14-3-4-15-27/h1-2,5-13,16H,3-4,14-15,17H2,(H,24,26)(H,25,28). The van der Waals surface area contributed by atoms with E-state index < -0.39 is 0 Å². The monoisotopic (exact) mass is 372 g/mol. The molecule has 0 spiro atoms. The molecule has 4 rings (SSSR count). The lowest BCUT2D eigenvalue weighted by Gasteiger charge is -2.21. The molecule has 1 fully saturated rings. The van der Waals surface area contributed by atoms with Gasteiger partial charge in [0.25, 0.3) is 5.91 Å². The molecule has 142 valence electrons. The van der Waals surface area contributed by atoms with Gasteiger partial charge in [-0.1, -0.05) is 24.3 Å². The Labute approximate surface area is 165 Å². The van der Waals surface area contributed by atoms with Gasteiger partial charge in [-0.25, -0.2) is 0 Å². The third-order valence-corrected chi connectivity index (χ3v) is 4.97. The van der Waals surface area contributed by atoms with E-state index in [-0.39, 0.29) is 5.91 Å². The van der Waals surface area contributed by atoms with Crippen LogP contribution in [0.4, 0.5) is 17.1 Å². The first kappa shape index (κ1) is 18.0. The van der Waals surface area contributed by atoms with Crippen molar-refractivity contribution < 1.29 is 4.79 Å². The maximum absolute atomic E-state index is 12.7. The average molecular weight is 372 g/mol. The molecule has 0 saturated carbocycles. The van der Waals surface area contributed by atoms with Crippen LogP contribution in [0.15, 0.2) is 73.1 Å². The molecule has 0 unspecified atom stereocenters. The van der Waals surface area contributed by atoms with Crippen molar-refractivity contribution >= 4 is 23.0 Å². The number of carbonyl (C=O) groups excluding carboxylic acids is 1. The summed E-state index contributed by atoms with van der Waals surface area (Å²) in [6.45, 7) is 2.70. The predicted octanol–water partition coefficient (Wildman–Crippen LogP) is 4.36. The van der Waals surface area contributed by atoms with Crippen molar-refractivity contribution in [1.82, 2.24) is 10.3 Å². The van der Waals surface area contributed by atoms with Gasteiger partial charge in [0, 0.05) is 54.7 Å². The zero-order valence-electron chi connectivity index (χ0n) is 15.8. The summed E-state index contributed by atoms with van der Waals surface area (Å²) in [5, 5.41) is 6.36. The van der Waals surface area contributed by atoms with Crippen LogP contribution in [0.5, 0.6) is 0 Å². The highest BCUT2D eigenvalue weighted by Crippen LogP contribution is 2.24. The van der Waals surface area contributed by atoms with E-state index in [2.05, 4.69) is 38.7 Å². The van der Waals surface area contributed by atoms with Crippen LogP contribution in [0.2, 0.25) is 0 Å². The predicted molar refractivity (Wildman–Crippen MR) is 113 cm³/mol. The Morgan fingerprint density at radius 3 is 2.54 bits per heavy atom. The van der Waals surface area contributed by atoms with Crippen LogP contribution in [-0.2, 0) is 6.54 Å². The number of amides is 1. The van der Waals surface area contributed by atoms with Crippen molar-refractivity contribution in [2.24, 2.45) is 0 Å². The SMILES string of the molecule is O=C(NCc1ccccc1N1CCCC1)c1cccc(Nc2ccncc2)c1. The van der Waals surface area contributed by atoms with Crippen LogP contribution in [0.1, 0.15) is 28.8 Å². The second kappa shape index (κ2) is 8.57. The molecule has 1 aliphatic rings. The normalized spacial score (nSPS) is 13.4. The van der Waals surface area contributed by atoms with Gasteiger partial charge >= 0.3 is 0 Å². The van der Waals surface area contributed by atoms with Gasteiger partial charge in [0.05, 0.1) is 0 Å². The summed E-state index contributed by atoms with van der Waals surface area (Å²) in [6.07, 6.45) is 5.93. The van der Waals surface area contributed by atoms with Crippen LogP contribution >= 0.6 is 0 Å².